The number of rotatable bonds is 5. The van der Waals surface area contributed by atoms with Crippen molar-refractivity contribution in [1.29, 1.82) is 0 Å². The Kier molecular flexibility index (Phi) is 5.90. The maximum atomic E-state index is 12.8. The zero-order chi connectivity index (χ0) is 22.1. The summed E-state index contributed by atoms with van der Waals surface area (Å²) >= 11 is 8.36. The van der Waals surface area contributed by atoms with Gasteiger partial charge in [-0.2, -0.15) is 0 Å². The number of carbonyl (C=O) groups excluding carboxylic acids is 1. The van der Waals surface area contributed by atoms with Gasteiger partial charge in [-0.15, -0.1) is 11.3 Å². The lowest BCUT2D eigenvalue weighted by Crippen LogP contribution is -2.37. The summed E-state index contributed by atoms with van der Waals surface area (Å²) in [6, 6.07) is 6.88. The molecule has 0 saturated heterocycles. The van der Waals surface area contributed by atoms with Gasteiger partial charge >= 0.3 is 5.69 Å². The van der Waals surface area contributed by atoms with Gasteiger partial charge in [-0.05, 0) is 24.3 Å². The molecular weight excluding hydrogens is 460 g/mol. The van der Waals surface area contributed by atoms with Crippen molar-refractivity contribution in [2.45, 2.75) is 5.03 Å². The van der Waals surface area contributed by atoms with Crippen molar-refractivity contribution in [3.8, 4) is 11.4 Å². The molecule has 0 fully saturated rings. The normalized spacial score (nSPS) is 11.1. The molecule has 3 aromatic heterocycles. The summed E-state index contributed by atoms with van der Waals surface area (Å²) in [7, 11) is 2.92. The highest BCUT2D eigenvalue weighted by molar-refractivity contribution is 8.00. The van der Waals surface area contributed by atoms with E-state index in [1.807, 2.05) is 0 Å². The van der Waals surface area contributed by atoms with E-state index in [4.69, 9.17) is 11.6 Å². The molecule has 0 saturated carbocycles. The maximum absolute atomic E-state index is 12.8. The first kappa shape index (κ1) is 21.2. The van der Waals surface area contributed by atoms with Crippen LogP contribution in [0.2, 0.25) is 5.02 Å². The second-order valence-electron chi connectivity index (χ2n) is 6.44. The zero-order valence-electron chi connectivity index (χ0n) is 16.3. The summed E-state index contributed by atoms with van der Waals surface area (Å²) in [4.78, 5) is 50.6. The van der Waals surface area contributed by atoms with Gasteiger partial charge in [0.15, 0.2) is 16.6 Å². The van der Waals surface area contributed by atoms with Crippen molar-refractivity contribution in [2.24, 2.45) is 14.1 Å². The van der Waals surface area contributed by atoms with E-state index in [1.54, 1.807) is 35.8 Å². The minimum Gasteiger partial charge on any atom is -0.301 e. The number of nitrogens with one attached hydrogen (secondary N) is 1. The molecule has 0 unspecified atom stereocenters. The Morgan fingerprint density at radius 1 is 1.16 bits per heavy atom. The molecule has 0 aliphatic rings. The Bertz CT molecular complexity index is 1400. The van der Waals surface area contributed by atoms with Gasteiger partial charge in [0.2, 0.25) is 5.91 Å². The number of hydrogen-bond acceptors (Lipinski definition) is 8. The average molecular weight is 475 g/mol. The summed E-state index contributed by atoms with van der Waals surface area (Å²) in [5.74, 6) is 0.0224. The lowest BCUT2D eigenvalue weighted by molar-refractivity contribution is -0.113. The second kappa shape index (κ2) is 8.61. The van der Waals surface area contributed by atoms with E-state index in [-0.39, 0.29) is 22.7 Å². The highest BCUT2D eigenvalue weighted by atomic mass is 35.5. The van der Waals surface area contributed by atoms with Crippen molar-refractivity contribution in [1.82, 2.24) is 24.1 Å². The zero-order valence-corrected chi connectivity index (χ0v) is 18.7. The van der Waals surface area contributed by atoms with Crippen LogP contribution in [0.4, 0.5) is 5.13 Å². The minimum absolute atomic E-state index is 0.00224. The number of halogens is 1. The first-order valence-electron chi connectivity index (χ1n) is 8.91. The van der Waals surface area contributed by atoms with Crippen molar-refractivity contribution >= 4 is 56.8 Å². The van der Waals surface area contributed by atoms with Gasteiger partial charge < -0.3 is 5.32 Å². The van der Waals surface area contributed by atoms with Crippen LogP contribution in [0.5, 0.6) is 0 Å². The van der Waals surface area contributed by atoms with Crippen LogP contribution in [-0.2, 0) is 18.9 Å². The molecule has 0 aliphatic carbocycles. The van der Waals surface area contributed by atoms with E-state index >= 15 is 0 Å². The fraction of sp³-hybridized carbons (Fsp3) is 0.158. The van der Waals surface area contributed by atoms with Gasteiger partial charge in [-0.3, -0.25) is 18.7 Å². The Balaban J connectivity index is 1.81. The fourth-order valence-electron chi connectivity index (χ4n) is 2.84. The molecule has 4 aromatic rings. The number of carbonyl (C=O) groups is 1. The number of fused-ring (bicyclic) bond motifs is 1. The number of benzene rings is 1. The third kappa shape index (κ3) is 4.24. The Labute approximate surface area is 188 Å². The summed E-state index contributed by atoms with van der Waals surface area (Å²) < 4.78 is 2.28. The van der Waals surface area contributed by atoms with Crippen LogP contribution in [0.15, 0.2) is 50.5 Å². The van der Waals surface area contributed by atoms with Crippen molar-refractivity contribution < 1.29 is 4.79 Å². The summed E-state index contributed by atoms with van der Waals surface area (Å²) in [5.41, 5.74) is -0.177. The molecule has 31 heavy (non-hydrogen) atoms. The second-order valence-corrected chi connectivity index (χ2v) is 8.73. The third-order valence-electron chi connectivity index (χ3n) is 4.39. The van der Waals surface area contributed by atoms with Crippen LogP contribution >= 0.6 is 34.7 Å². The Morgan fingerprint density at radius 2 is 1.90 bits per heavy atom. The molecule has 0 radical (unpaired) electrons. The number of thioether (sulfide) groups is 1. The molecule has 1 aromatic carbocycles. The number of nitrogens with zero attached hydrogens (tertiary/aromatic N) is 5. The van der Waals surface area contributed by atoms with Gasteiger partial charge in [-0.1, -0.05) is 23.4 Å². The van der Waals surface area contributed by atoms with Crippen molar-refractivity contribution in [3.63, 3.8) is 0 Å². The molecule has 158 valence electrons. The van der Waals surface area contributed by atoms with Crippen LogP contribution in [0.3, 0.4) is 0 Å². The molecule has 1 N–H and O–H groups in total. The van der Waals surface area contributed by atoms with Crippen molar-refractivity contribution in [3.05, 3.63) is 61.7 Å². The summed E-state index contributed by atoms with van der Waals surface area (Å²) in [5, 5.41) is 5.96. The quantitative estimate of drug-likeness (QED) is 0.349. The largest absolute Gasteiger partial charge is 0.332 e. The molecule has 9 nitrogen and oxygen atoms in total. The van der Waals surface area contributed by atoms with E-state index in [1.165, 1.54) is 30.0 Å². The SMILES string of the molecule is Cn1c(=O)c2c(SCC(=O)Nc3nccs3)nc(-c3ccc(Cl)cc3)nc2n(C)c1=O. The Hall–Kier alpha value is -3.02. The molecule has 0 atom stereocenters. The van der Waals surface area contributed by atoms with Crippen molar-refractivity contribution in [2.75, 3.05) is 11.1 Å². The van der Waals surface area contributed by atoms with E-state index in [0.717, 1.165) is 16.3 Å². The number of aryl methyl sites for hydroxylation is 1. The monoisotopic (exact) mass is 474 g/mol. The molecular formula is C19H15ClN6O3S2. The van der Waals surface area contributed by atoms with Gasteiger partial charge in [0.1, 0.15) is 10.4 Å². The predicted octanol–water partition coefficient (Wildman–Crippen LogP) is 2.53. The first-order chi connectivity index (χ1) is 14.8. The van der Waals surface area contributed by atoms with Crippen LogP contribution in [0.25, 0.3) is 22.4 Å². The van der Waals surface area contributed by atoms with E-state index in [0.29, 0.717) is 26.6 Å². The molecule has 12 heteroatoms. The molecule has 0 bridgehead atoms. The maximum Gasteiger partial charge on any atom is 0.332 e. The van der Waals surface area contributed by atoms with Crippen LogP contribution in [0, 0.1) is 0 Å². The molecule has 0 aliphatic heterocycles. The summed E-state index contributed by atoms with van der Waals surface area (Å²) in [6.45, 7) is 0. The smallest absolute Gasteiger partial charge is 0.301 e. The van der Waals surface area contributed by atoms with Gasteiger partial charge in [0, 0.05) is 36.3 Å². The lowest BCUT2D eigenvalue weighted by Gasteiger charge is -2.12. The number of anilines is 1. The van der Waals surface area contributed by atoms with E-state index in [2.05, 4.69) is 20.3 Å². The van der Waals surface area contributed by atoms with E-state index in [9.17, 15) is 14.4 Å². The fourth-order valence-corrected chi connectivity index (χ4v) is 4.32. The molecule has 3 heterocycles. The lowest BCUT2D eigenvalue weighted by atomic mass is 10.2. The standard InChI is InChI=1S/C19H15ClN6O3S2/c1-25-15-13(17(28)26(2)19(25)29)16(31-9-12(27)22-18-21-7-8-30-18)24-14(23-15)10-3-5-11(20)6-4-10/h3-8H,9H2,1-2H3,(H,21,22,27). The summed E-state index contributed by atoms with van der Waals surface area (Å²) in [6.07, 6.45) is 1.59. The van der Waals surface area contributed by atoms with E-state index < -0.39 is 11.2 Å². The van der Waals surface area contributed by atoms with Gasteiger partial charge in [0.05, 0.1) is 5.75 Å². The number of aromatic nitrogens is 5. The van der Waals surface area contributed by atoms with Crippen LogP contribution < -0.4 is 16.6 Å². The molecule has 4 rings (SSSR count). The first-order valence-corrected chi connectivity index (χ1v) is 11.2. The highest BCUT2D eigenvalue weighted by Gasteiger charge is 2.19. The number of amides is 1. The molecule has 1 amide bonds. The highest BCUT2D eigenvalue weighted by Crippen LogP contribution is 2.27. The number of thiazole rings is 1. The van der Waals surface area contributed by atoms with Crippen LogP contribution in [0.1, 0.15) is 0 Å². The van der Waals surface area contributed by atoms with Gasteiger partial charge in [0.25, 0.3) is 5.56 Å². The minimum atomic E-state index is -0.524. The predicted molar refractivity (Wildman–Crippen MR) is 122 cm³/mol. The number of hydrogen-bond donors (Lipinski definition) is 1. The molecule has 0 spiro atoms. The van der Waals surface area contributed by atoms with Gasteiger partial charge in [-0.25, -0.2) is 19.7 Å². The topological polar surface area (TPSA) is 112 Å². The van der Waals surface area contributed by atoms with Crippen LogP contribution in [-0.4, -0.2) is 35.7 Å². The third-order valence-corrected chi connectivity index (χ3v) is 6.30. The Morgan fingerprint density at radius 3 is 2.58 bits per heavy atom. The average Bonchev–Trinajstić information content (AvgIpc) is 3.27.